The Labute approximate surface area is 394 Å². The summed E-state index contributed by atoms with van der Waals surface area (Å²) in [5, 5.41) is 109. The summed E-state index contributed by atoms with van der Waals surface area (Å²) in [6, 6.07) is -1.21. The fourth-order valence-corrected chi connectivity index (χ4v) is 7.82. The number of cyclic esters (lactones) is 1. The molecule has 13 N–H and O–H groups in total. The van der Waals surface area contributed by atoms with Crippen molar-refractivity contribution in [3.63, 3.8) is 0 Å². The van der Waals surface area contributed by atoms with Gasteiger partial charge in [0.05, 0.1) is 86.0 Å². The molecule has 17 atom stereocenters. The Morgan fingerprint density at radius 3 is 1.93 bits per heavy atom. The molecule has 2 fully saturated rings. The molecule has 21 heteroatoms. The third-order valence-electron chi connectivity index (χ3n) is 11.5. The lowest BCUT2D eigenvalue weighted by molar-refractivity contribution is -0.304. The van der Waals surface area contributed by atoms with E-state index in [2.05, 4.69) is 0 Å². The van der Waals surface area contributed by atoms with Gasteiger partial charge in [-0.15, -0.1) is 0 Å². The van der Waals surface area contributed by atoms with E-state index in [-0.39, 0.29) is 38.2 Å². The minimum absolute atomic E-state index is 0.123. The van der Waals surface area contributed by atoms with Gasteiger partial charge in [-0.25, -0.2) is 0 Å². The number of aliphatic hydroxyl groups is 10. The van der Waals surface area contributed by atoms with Crippen LogP contribution in [-0.2, 0) is 28.5 Å². The number of amides is 1. The smallest absolute Gasteiger partial charge is 0.405 e. The highest BCUT2D eigenvalue weighted by atomic mass is 19.4. The number of hydrogen-bond acceptors (Lipinski definition) is 17. The molecule has 68 heavy (non-hydrogen) atoms. The molecule has 2 saturated heterocycles. The Morgan fingerprint density at radius 2 is 1.32 bits per heavy atom. The molecule has 386 valence electrons. The van der Waals surface area contributed by atoms with Crippen molar-refractivity contribution in [1.29, 1.82) is 0 Å². The molecular formula is C47H71F3N2O16. The highest BCUT2D eigenvalue weighted by Gasteiger charge is 2.51. The molecule has 0 radical (unpaired) electrons. The molecule has 8 unspecified atom stereocenters. The molecule has 2 bridgehead atoms. The largest absolute Gasteiger partial charge is 0.462 e. The molecule has 3 aliphatic rings. The zero-order chi connectivity index (χ0) is 50.6. The molecule has 0 aromatic carbocycles. The maximum atomic E-state index is 13.3. The average Bonchev–Trinajstić information content (AvgIpc) is 3.23. The monoisotopic (exact) mass is 976 g/mol. The van der Waals surface area contributed by atoms with Gasteiger partial charge in [0.2, 0.25) is 5.91 Å². The predicted octanol–water partition coefficient (Wildman–Crippen LogP) is 0.671. The lowest BCUT2D eigenvalue weighted by Crippen LogP contribution is -2.59. The number of alkyl halides is 3. The van der Waals surface area contributed by atoms with Crippen LogP contribution in [0.15, 0.2) is 85.1 Å². The Balaban J connectivity index is 1.91. The number of halogens is 3. The summed E-state index contributed by atoms with van der Waals surface area (Å²) in [5.41, 5.74) is 5.92. The van der Waals surface area contributed by atoms with Crippen molar-refractivity contribution in [1.82, 2.24) is 5.32 Å². The van der Waals surface area contributed by atoms with Gasteiger partial charge in [-0.05, 0) is 26.2 Å². The third kappa shape index (κ3) is 21.6. The van der Waals surface area contributed by atoms with E-state index < -0.39 is 154 Å². The molecule has 1 amide bonds. The number of nitrogens with two attached hydrogens (primary N) is 1. The number of carbonyl (C=O) groups is 2. The Morgan fingerprint density at radius 1 is 0.735 bits per heavy atom. The first kappa shape index (κ1) is 58.7. The lowest BCUT2D eigenvalue weighted by Gasteiger charge is -2.45. The van der Waals surface area contributed by atoms with Crippen molar-refractivity contribution in [3.8, 4) is 0 Å². The summed E-state index contributed by atoms with van der Waals surface area (Å²) in [6.45, 7) is 1.30. The summed E-state index contributed by atoms with van der Waals surface area (Å²) in [6.07, 6.45) is -2.85. The van der Waals surface area contributed by atoms with E-state index in [1.807, 2.05) is 0 Å². The van der Waals surface area contributed by atoms with Crippen LogP contribution in [0.3, 0.4) is 0 Å². The number of esters is 1. The summed E-state index contributed by atoms with van der Waals surface area (Å²) in [4.78, 5) is 25.8. The van der Waals surface area contributed by atoms with E-state index in [1.165, 1.54) is 12.2 Å². The second-order valence-electron chi connectivity index (χ2n) is 17.7. The topological polar surface area (TPSA) is 311 Å². The van der Waals surface area contributed by atoms with E-state index >= 15 is 0 Å². The number of rotatable bonds is 4. The maximum absolute atomic E-state index is 13.3. The van der Waals surface area contributed by atoms with E-state index in [0.29, 0.717) is 0 Å². The molecule has 18 nitrogen and oxygen atoms in total. The zero-order valence-electron chi connectivity index (χ0n) is 38.2. The van der Waals surface area contributed by atoms with Crippen LogP contribution in [-0.4, -0.2) is 174 Å². The van der Waals surface area contributed by atoms with Crippen LogP contribution in [0.2, 0.25) is 0 Å². The Bertz CT molecular complexity index is 1740. The number of aliphatic hydroxyl groups excluding tert-OH is 9. The first-order chi connectivity index (χ1) is 32.0. The van der Waals surface area contributed by atoms with Gasteiger partial charge < -0.3 is 81.1 Å². The van der Waals surface area contributed by atoms with Crippen molar-refractivity contribution >= 4 is 11.9 Å². The van der Waals surface area contributed by atoms with Crippen LogP contribution in [0.1, 0.15) is 71.6 Å². The number of hydrogen-bond donors (Lipinski definition) is 12. The fraction of sp³-hybridized carbons (Fsp3) is 0.660. The quantitative estimate of drug-likeness (QED) is 0.172. The molecule has 3 heterocycles. The second kappa shape index (κ2) is 28.9. The van der Waals surface area contributed by atoms with Crippen molar-refractivity contribution in [2.24, 2.45) is 17.6 Å². The minimum Gasteiger partial charge on any atom is -0.462 e. The second-order valence-corrected chi connectivity index (χ2v) is 17.7. The standard InChI is InChI=1S/C47H71F3N2O16/c1-28-15-13-11-9-7-5-3-4-6-8-10-12-14-16-33(67-45-43(62)42(51)38(60)26-65-45)23-39-41(44(63)52-27-47(48,49)50)37(59)25-46(64,68-39)24-32(55)21-36(58)34(56)18-17-30(53)20-31(54)22-40(61)66-29(2)19-35(28)57/h3-16,28-39,41-43,45,53-60,62,64H,17-27,51H2,1-2H3,(H,52,63)/b4-3+,7-5+,8-6+,11-9+,12-10+,15-13+,16-14+/t28-,29-,30?,31?,32?,33?,34?,35-,36?,37-,38+,39-,41?,42-,43+,45-,46?/m0/s1. The molecule has 3 rings (SSSR count). The Kier molecular flexibility index (Phi) is 24.9. The number of ether oxygens (including phenoxy) is 4. The molecule has 0 saturated carbocycles. The van der Waals surface area contributed by atoms with Crippen LogP contribution < -0.4 is 11.1 Å². The summed E-state index contributed by atoms with van der Waals surface area (Å²) in [5.74, 6) is -6.56. The van der Waals surface area contributed by atoms with E-state index in [1.54, 1.807) is 92.1 Å². The first-order valence-electron chi connectivity index (χ1n) is 22.7. The molecular weight excluding hydrogens is 906 g/mol. The SMILES string of the molecule is C[C@H]1C[C@H](O)[C@@H](C)/C=C/C=C/C=C/C=C/C=C/C=C/C=C/C(O[C@@H]2OC[C@@H](O)[C@H](N)[C@H]2O)C[C@@H]2OC(O)(CC(O)CC(O)C(O)CCC(O)CC(O)CC(=O)O1)C[C@H](O)C2C(=O)NCC(F)(F)F. The van der Waals surface area contributed by atoms with Crippen LogP contribution in [0.25, 0.3) is 0 Å². The number of nitrogens with one attached hydrogen (secondary N) is 1. The Hall–Kier alpha value is -3.65. The lowest BCUT2D eigenvalue weighted by atomic mass is 9.82. The van der Waals surface area contributed by atoms with Gasteiger partial charge in [-0.1, -0.05) is 92.0 Å². The van der Waals surface area contributed by atoms with Gasteiger partial charge in [0.1, 0.15) is 18.8 Å². The van der Waals surface area contributed by atoms with Crippen LogP contribution in [0.4, 0.5) is 13.2 Å². The highest BCUT2D eigenvalue weighted by molar-refractivity contribution is 5.80. The van der Waals surface area contributed by atoms with Gasteiger partial charge in [0.25, 0.3) is 0 Å². The van der Waals surface area contributed by atoms with Crippen molar-refractivity contribution in [3.05, 3.63) is 85.1 Å². The number of carbonyl (C=O) groups excluding carboxylic acids is 2. The van der Waals surface area contributed by atoms with E-state index in [9.17, 15) is 73.8 Å². The molecule has 0 aromatic heterocycles. The van der Waals surface area contributed by atoms with Crippen LogP contribution >= 0.6 is 0 Å². The summed E-state index contributed by atoms with van der Waals surface area (Å²) >= 11 is 0. The number of fused-ring (bicyclic) bond motifs is 2. The van der Waals surface area contributed by atoms with Crippen LogP contribution in [0.5, 0.6) is 0 Å². The molecule has 3 aliphatic heterocycles. The average molecular weight is 977 g/mol. The van der Waals surface area contributed by atoms with Gasteiger partial charge >= 0.3 is 12.1 Å². The first-order valence-corrected chi connectivity index (χ1v) is 22.7. The van der Waals surface area contributed by atoms with E-state index in [4.69, 9.17) is 24.7 Å². The van der Waals surface area contributed by atoms with Crippen LogP contribution in [0, 0.1) is 11.8 Å². The number of allylic oxidation sites excluding steroid dienone is 12. The summed E-state index contributed by atoms with van der Waals surface area (Å²) < 4.78 is 62.3. The maximum Gasteiger partial charge on any atom is 0.405 e. The van der Waals surface area contributed by atoms with E-state index in [0.717, 1.165) is 0 Å². The highest BCUT2D eigenvalue weighted by Crippen LogP contribution is 2.38. The minimum atomic E-state index is -4.83. The van der Waals surface area contributed by atoms with Crippen molar-refractivity contribution in [2.75, 3.05) is 13.2 Å². The predicted molar refractivity (Wildman–Crippen MR) is 239 cm³/mol. The van der Waals surface area contributed by atoms with Crippen molar-refractivity contribution in [2.45, 2.75) is 169 Å². The van der Waals surface area contributed by atoms with Gasteiger partial charge in [0.15, 0.2) is 12.1 Å². The summed E-state index contributed by atoms with van der Waals surface area (Å²) in [7, 11) is 0. The van der Waals surface area contributed by atoms with Crippen molar-refractivity contribution < 1.29 is 92.8 Å². The molecule has 0 aliphatic carbocycles. The van der Waals surface area contributed by atoms with Gasteiger partial charge in [-0.2, -0.15) is 13.2 Å². The normalized spacial score (nSPS) is 42.0. The fourth-order valence-electron chi connectivity index (χ4n) is 7.82. The molecule has 0 aromatic rings. The van der Waals surface area contributed by atoms with Gasteiger partial charge in [-0.3, -0.25) is 9.59 Å². The zero-order valence-corrected chi connectivity index (χ0v) is 38.2. The third-order valence-corrected chi connectivity index (χ3v) is 11.5. The van der Waals surface area contributed by atoms with Gasteiger partial charge in [0, 0.05) is 38.0 Å². The molecule has 0 spiro atoms.